The zero-order valence-corrected chi connectivity index (χ0v) is 20.2. The average Bonchev–Trinajstić information content (AvgIpc) is 3.25. The van der Waals surface area contributed by atoms with Crippen LogP contribution in [0.25, 0.3) is 10.8 Å². The molecule has 0 aliphatic carbocycles. The van der Waals surface area contributed by atoms with Gasteiger partial charge in [0.05, 0.1) is 12.0 Å². The van der Waals surface area contributed by atoms with Crippen LogP contribution >= 0.6 is 50.8 Å². The van der Waals surface area contributed by atoms with Crippen LogP contribution in [0, 0.1) is 0 Å². The van der Waals surface area contributed by atoms with Gasteiger partial charge >= 0.3 is 0 Å². The Hall–Kier alpha value is -2.20. The normalized spacial score (nSPS) is 11.3. The summed E-state index contributed by atoms with van der Waals surface area (Å²) >= 11 is 7.91. The molecule has 0 saturated heterocycles. The molecular weight excluding hydrogens is 512 g/mol. The predicted molar refractivity (Wildman–Crippen MR) is 134 cm³/mol. The summed E-state index contributed by atoms with van der Waals surface area (Å²) in [5.74, 6) is 0.880. The minimum Gasteiger partial charge on any atom is -0.272 e. The van der Waals surface area contributed by atoms with Gasteiger partial charge in [-0.2, -0.15) is 5.10 Å². The molecule has 0 bridgehead atoms. The molecule has 0 fully saturated rings. The third-order valence-electron chi connectivity index (χ3n) is 4.22. The lowest BCUT2D eigenvalue weighted by Crippen LogP contribution is -2.19. The van der Waals surface area contributed by atoms with Crippen LogP contribution in [0.4, 0.5) is 0 Å². The zero-order chi connectivity index (χ0) is 21.5. The number of amides is 1. The van der Waals surface area contributed by atoms with Crippen molar-refractivity contribution in [3.8, 4) is 0 Å². The molecule has 1 aromatic heterocycles. The number of nitrogens with one attached hydrogen (secondary N) is 1. The quantitative estimate of drug-likeness (QED) is 0.173. The molecule has 1 heterocycles. The van der Waals surface area contributed by atoms with Gasteiger partial charge in [0, 0.05) is 10.2 Å². The first kappa shape index (κ1) is 22.0. The molecule has 0 atom stereocenters. The summed E-state index contributed by atoms with van der Waals surface area (Å²) < 4.78 is 2.66. The number of hydrogen-bond acceptors (Lipinski definition) is 7. The molecule has 9 heteroatoms. The summed E-state index contributed by atoms with van der Waals surface area (Å²) in [5, 5.41) is 14.9. The van der Waals surface area contributed by atoms with Crippen molar-refractivity contribution in [2.24, 2.45) is 5.10 Å². The van der Waals surface area contributed by atoms with Gasteiger partial charge in [0.1, 0.15) is 0 Å². The minimum atomic E-state index is -0.182. The number of nitrogens with zero attached hydrogens (tertiary/aromatic N) is 3. The number of fused-ring (bicyclic) bond motifs is 1. The average molecular weight is 530 g/mol. The second kappa shape index (κ2) is 10.9. The molecule has 0 aliphatic rings. The number of rotatable bonds is 8. The van der Waals surface area contributed by atoms with E-state index in [-0.39, 0.29) is 11.7 Å². The fraction of sp³-hybridized carbons (Fsp3) is 0.0909. The maximum Gasteiger partial charge on any atom is 0.250 e. The van der Waals surface area contributed by atoms with Gasteiger partial charge in [-0.05, 0) is 34.0 Å². The molecule has 0 aliphatic heterocycles. The molecule has 1 amide bonds. The third-order valence-corrected chi connectivity index (χ3v) is 7.99. The third kappa shape index (κ3) is 6.39. The first-order chi connectivity index (χ1) is 15.2. The van der Waals surface area contributed by atoms with Crippen LogP contribution in [0.3, 0.4) is 0 Å². The fourth-order valence-electron chi connectivity index (χ4n) is 2.76. The molecular formula is C22H17BrN4OS3. The van der Waals surface area contributed by atoms with Crippen LogP contribution in [0.1, 0.15) is 11.1 Å². The van der Waals surface area contributed by atoms with Gasteiger partial charge in [0.2, 0.25) is 0 Å². The number of aromatic nitrogens is 2. The molecule has 4 rings (SSSR count). The summed E-state index contributed by atoms with van der Waals surface area (Å²) in [6, 6.07) is 22.4. The summed E-state index contributed by atoms with van der Waals surface area (Å²) in [5.41, 5.74) is 4.72. The molecule has 0 unspecified atom stereocenters. The summed E-state index contributed by atoms with van der Waals surface area (Å²) in [6.07, 6.45) is 1.61. The largest absolute Gasteiger partial charge is 0.272 e. The second-order valence-electron chi connectivity index (χ2n) is 6.39. The number of carbonyl (C=O) groups excluding carboxylic acids is 1. The lowest BCUT2D eigenvalue weighted by molar-refractivity contribution is -0.118. The van der Waals surface area contributed by atoms with E-state index in [4.69, 9.17) is 0 Å². The molecule has 31 heavy (non-hydrogen) atoms. The van der Waals surface area contributed by atoms with Crippen LogP contribution in [0.2, 0.25) is 0 Å². The topological polar surface area (TPSA) is 67.2 Å². The molecule has 0 radical (unpaired) electrons. The van der Waals surface area contributed by atoms with Crippen LogP contribution in [-0.4, -0.2) is 28.1 Å². The lowest BCUT2D eigenvalue weighted by atomic mass is 10.1. The molecule has 5 nitrogen and oxygen atoms in total. The summed E-state index contributed by atoms with van der Waals surface area (Å²) in [6.45, 7) is 0. The highest BCUT2D eigenvalue weighted by molar-refractivity contribution is 9.10. The Morgan fingerprint density at radius 2 is 1.74 bits per heavy atom. The van der Waals surface area contributed by atoms with Crippen molar-refractivity contribution in [3.63, 3.8) is 0 Å². The number of halogens is 1. The zero-order valence-electron chi connectivity index (χ0n) is 16.2. The van der Waals surface area contributed by atoms with E-state index >= 15 is 0 Å². The van der Waals surface area contributed by atoms with Crippen molar-refractivity contribution in [2.75, 3.05) is 5.75 Å². The molecule has 1 N–H and O–H groups in total. The Kier molecular flexibility index (Phi) is 7.74. The number of hydrazone groups is 1. The Labute approximate surface area is 200 Å². The Balaban J connectivity index is 1.25. The highest BCUT2D eigenvalue weighted by Crippen LogP contribution is 2.32. The van der Waals surface area contributed by atoms with Crippen molar-refractivity contribution in [1.29, 1.82) is 0 Å². The smallest absolute Gasteiger partial charge is 0.250 e. The van der Waals surface area contributed by atoms with Crippen LogP contribution in [-0.2, 0) is 10.5 Å². The lowest BCUT2D eigenvalue weighted by Gasteiger charge is -2.04. The highest BCUT2D eigenvalue weighted by Gasteiger charge is 2.09. The summed E-state index contributed by atoms with van der Waals surface area (Å²) in [7, 11) is 0. The Morgan fingerprint density at radius 1 is 1.00 bits per heavy atom. The van der Waals surface area contributed by atoms with Gasteiger partial charge in [0.15, 0.2) is 8.68 Å². The highest BCUT2D eigenvalue weighted by atomic mass is 79.9. The van der Waals surface area contributed by atoms with E-state index < -0.39 is 0 Å². The van der Waals surface area contributed by atoms with Crippen molar-refractivity contribution in [3.05, 3.63) is 82.3 Å². The van der Waals surface area contributed by atoms with Crippen molar-refractivity contribution >= 4 is 73.7 Å². The number of benzene rings is 3. The number of carbonyl (C=O) groups is 1. The Morgan fingerprint density at radius 3 is 2.58 bits per heavy atom. The SMILES string of the molecule is O=C(CSc1nnc(SCc2cccc3ccccc23)s1)NN=Cc1ccc(Br)cc1. The van der Waals surface area contributed by atoms with Gasteiger partial charge in [-0.1, -0.05) is 105 Å². The molecule has 0 spiro atoms. The second-order valence-corrected chi connectivity index (χ2v) is 10.7. The van der Waals surface area contributed by atoms with Gasteiger partial charge in [-0.3, -0.25) is 4.79 Å². The van der Waals surface area contributed by atoms with Crippen LogP contribution in [0.15, 0.2) is 85.0 Å². The maximum atomic E-state index is 12.0. The molecule has 3 aromatic carbocycles. The van der Waals surface area contributed by atoms with Gasteiger partial charge in [-0.15, -0.1) is 10.2 Å². The number of thioether (sulfide) groups is 2. The Bertz CT molecular complexity index is 1210. The van der Waals surface area contributed by atoms with Gasteiger partial charge < -0.3 is 0 Å². The van der Waals surface area contributed by atoms with Crippen molar-refractivity contribution < 1.29 is 4.79 Å². The first-order valence-electron chi connectivity index (χ1n) is 9.30. The molecule has 4 aromatic rings. The van der Waals surface area contributed by atoms with E-state index in [1.54, 1.807) is 18.0 Å². The first-order valence-corrected chi connectivity index (χ1v) is 12.9. The van der Waals surface area contributed by atoms with E-state index in [2.05, 4.69) is 79.1 Å². The maximum absolute atomic E-state index is 12.0. The van der Waals surface area contributed by atoms with Crippen molar-refractivity contribution in [1.82, 2.24) is 15.6 Å². The minimum absolute atomic E-state index is 0.182. The van der Waals surface area contributed by atoms with Gasteiger partial charge in [0.25, 0.3) is 5.91 Å². The standard InChI is InChI=1S/C22H17BrN4OS3/c23-18-10-8-15(9-11-18)12-24-25-20(28)14-30-22-27-26-21(31-22)29-13-17-6-3-5-16-4-1-2-7-19(16)17/h1-12H,13-14H2,(H,25,28). The molecule has 0 saturated carbocycles. The van der Waals surface area contributed by atoms with Gasteiger partial charge in [-0.25, -0.2) is 5.43 Å². The monoisotopic (exact) mass is 528 g/mol. The fourth-order valence-corrected chi connectivity index (χ4v) is 5.84. The van der Waals surface area contributed by atoms with E-state index in [9.17, 15) is 4.79 Å². The molecule has 156 valence electrons. The van der Waals surface area contributed by atoms with E-state index in [0.29, 0.717) is 0 Å². The van der Waals surface area contributed by atoms with Crippen LogP contribution in [0.5, 0.6) is 0 Å². The predicted octanol–water partition coefficient (Wildman–Crippen LogP) is 5.99. The van der Waals surface area contributed by atoms with E-state index in [0.717, 1.165) is 24.5 Å². The van der Waals surface area contributed by atoms with Crippen molar-refractivity contribution in [2.45, 2.75) is 14.4 Å². The van der Waals surface area contributed by atoms with E-state index in [1.807, 2.05) is 24.3 Å². The van der Waals surface area contributed by atoms with Crippen LogP contribution < -0.4 is 5.43 Å². The summed E-state index contributed by atoms with van der Waals surface area (Å²) in [4.78, 5) is 12.0. The van der Waals surface area contributed by atoms with E-state index in [1.165, 1.54) is 39.4 Å². The number of hydrogen-bond donors (Lipinski definition) is 1.